The fourth-order valence-electron chi connectivity index (χ4n) is 6.31. The molecule has 1 aliphatic carbocycles. The van der Waals surface area contributed by atoms with Gasteiger partial charge in [0.25, 0.3) is 12.0 Å². The number of aromatic nitrogens is 2. The molecule has 8 nitrogen and oxygen atoms in total. The van der Waals surface area contributed by atoms with Crippen LogP contribution in [0.15, 0.2) is 41.3 Å². The van der Waals surface area contributed by atoms with Gasteiger partial charge in [0.1, 0.15) is 18.0 Å². The molecular weight excluding hydrogens is 530 g/mol. The van der Waals surface area contributed by atoms with Crippen LogP contribution in [0.1, 0.15) is 56.2 Å². The van der Waals surface area contributed by atoms with Crippen molar-refractivity contribution in [3.63, 3.8) is 0 Å². The first-order valence-electron chi connectivity index (χ1n) is 13.1. The number of carbonyl (C=O) groups is 1. The van der Waals surface area contributed by atoms with Crippen molar-refractivity contribution in [1.82, 2.24) is 14.5 Å². The number of pyridine rings is 2. The molecule has 1 aromatic carbocycles. The molecule has 6 rings (SSSR count). The van der Waals surface area contributed by atoms with Gasteiger partial charge >= 0.3 is 0 Å². The third kappa shape index (κ3) is 4.58. The van der Waals surface area contributed by atoms with Crippen molar-refractivity contribution in [3.05, 3.63) is 63.0 Å². The van der Waals surface area contributed by atoms with Gasteiger partial charge in [-0.25, -0.2) is 13.8 Å². The Hall–Kier alpha value is -3.08. The molecular formula is C28H29ClF2N4O4. The molecule has 0 radical (unpaired) electrons. The number of nitrogens with zero attached hydrogens (tertiary/aromatic N) is 3. The van der Waals surface area contributed by atoms with Gasteiger partial charge in [0.05, 0.1) is 17.2 Å². The number of rotatable bonds is 6. The molecule has 0 atom stereocenters. The molecule has 11 heteroatoms. The molecule has 2 N–H and O–H groups in total. The first kappa shape index (κ1) is 26.2. The van der Waals surface area contributed by atoms with Crippen LogP contribution in [0.4, 0.5) is 14.5 Å². The quantitative estimate of drug-likeness (QED) is 0.464. The number of alkyl halides is 2. The molecule has 39 heavy (non-hydrogen) atoms. The Kier molecular flexibility index (Phi) is 6.39. The lowest BCUT2D eigenvalue weighted by molar-refractivity contribution is -0.122. The number of piperidine rings is 1. The van der Waals surface area contributed by atoms with Crippen LogP contribution >= 0.6 is 11.6 Å². The number of anilines is 1. The zero-order chi connectivity index (χ0) is 27.5. The van der Waals surface area contributed by atoms with E-state index in [1.54, 1.807) is 13.0 Å². The van der Waals surface area contributed by atoms with Gasteiger partial charge in [0, 0.05) is 40.3 Å². The van der Waals surface area contributed by atoms with Gasteiger partial charge in [-0.1, -0.05) is 11.6 Å². The van der Waals surface area contributed by atoms with E-state index in [2.05, 4.69) is 15.2 Å². The number of benzene rings is 1. The normalized spacial score (nSPS) is 24.2. The van der Waals surface area contributed by atoms with Crippen molar-refractivity contribution in [2.45, 2.75) is 56.1 Å². The Morgan fingerprint density at radius 2 is 1.95 bits per heavy atom. The monoisotopic (exact) mass is 558 g/mol. The van der Waals surface area contributed by atoms with Gasteiger partial charge in [-0.3, -0.25) is 19.1 Å². The SMILES string of the molecule is CC1(O)CC(n2c(=O)cc(C(F)F)c3cc(OCCN4CCC5(CC4)C(=O)Nc4ccc(Cl)cc45)cnc32)C1. The molecule has 2 fully saturated rings. The van der Waals surface area contributed by atoms with E-state index in [1.165, 1.54) is 16.8 Å². The molecule has 0 unspecified atom stereocenters. The van der Waals surface area contributed by atoms with E-state index in [1.807, 2.05) is 12.1 Å². The Labute approximate surface area is 228 Å². The van der Waals surface area contributed by atoms with Crippen LogP contribution in [0, 0.1) is 0 Å². The van der Waals surface area contributed by atoms with Crippen LogP contribution in [0.5, 0.6) is 5.75 Å². The van der Waals surface area contributed by atoms with Gasteiger partial charge < -0.3 is 15.2 Å². The number of ether oxygens (including phenoxy) is 1. The molecule has 3 aliphatic rings. The number of fused-ring (bicyclic) bond motifs is 3. The van der Waals surface area contributed by atoms with E-state index in [9.17, 15) is 23.5 Å². The fourth-order valence-corrected chi connectivity index (χ4v) is 6.48. The van der Waals surface area contributed by atoms with Gasteiger partial charge in [-0.15, -0.1) is 0 Å². The molecule has 0 bridgehead atoms. The summed E-state index contributed by atoms with van der Waals surface area (Å²) in [5.74, 6) is 0.346. The Morgan fingerprint density at radius 3 is 2.64 bits per heavy atom. The Bertz CT molecular complexity index is 1510. The lowest BCUT2D eigenvalue weighted by atomic mass is 9.73. The number of halogens is 3. The lowest BCUT2D eigenvalue weighted by Crippen LogP contribution is -2.47. The summed E-state index contributed by atoms with van der Waals surface area (Å²) in [7, 11) is 0. The van der Waals surface area contributed by atoms with Crippen molar-refractivity contribution >= 4 is 34.2 Å². The summed E-state index contributed by atoms with van der Waals surface area (Å²) < 4.78 is 34.9. The molecule has 1 spiro atoms. The van der Waals surface area contributed by atoms with Crippen molar-refractivity contribution in [3.8, 4) is 5.75 Å². The molecule has 1 saturated carbocycles. The molecule has 2 aromatic heterocycles. The summed E-state index contributed by atoms with van der Waals surface area (Å²) in [5, 5.41) is 13.9. The Balaban J connectivity index is 1.14. The molecule has 4 heterocycles. The van der Waals surface area contributed by atoms with Crippen LogP contribution in [-0.4, -0.2) is 57.3 Å². The van der Waals surface area contributed by atoms with Crippen LogP contribution in [-0.2, 0) is 10.2 Å². The van der Waals surface area contributed by atoms with Gasteiger partial charge in [0.2, 0.25) is 5.91 Å². The smallest absolute Gasteiger partial charge is 0.264 e. The zero-order valence-corrected chi connectivity index (χ0v) is 22.2. The first-order valence-corrected chi connectivity index (χ1v) is 13.5. The number of nitrogens with one attached hydrogen (secondary N) is 1. The van der Waals surface area contributed by atoms with E-state index in [0.717, 1.165) is 17.3 Å². The van der Waals surface area contributed by atoms with E-state index in [-0.39, 0.29) is 28.5 Å². The molecule has 1 amide bonds. The maximum absolute atomic E-state index is 13.8. The van der Waals surface area contributed by atoms with Crippen LogP contribution in [0.3, 0.4) is 0 Å². The predicted octanol–water partition coefficient (Wildman–Crippen LogP) is 4.44. The number of likely N-dealkylation sites (tertiary alicyclic amines) is 1. The summed E-state index contributed by atoms with van der Waals surface area (Å²) >= 11 is 6.21. The minimum atomic E-state index is -2.84. The van der Waals surface area contributed by atoms with Gasteiger partial charge in [-0.2, -0.15) is 0 Å². The maximum Gasteiger partial charge on any atom is 0.264 e. The second-order valence-corrected chi connectivity index (χ2v) is 11.6. The molecule has 2 aliphatic heterocycles. The minimum absolute atomic E-state index is 0.0109. The maximum atomic E-state index is 13.8. The summed E-state index contributed by atoms with van der Waals surface area (Å²) in [6, 6.07) is 7.66. The number of hydrogen-bond donors (Lipinski definition) is 2. The van der Waals surface area contributed by atoms with Gasteiger partial charge in [0.15, 0.2) is 0 Å². The highest BCUT2D eigenvalue weighted by Crippen LogP contribution is 2.46. The first-order chi connectivity index (χ1) is 18.6. The predicted molar refractivity (Wildman–Crippen MR) is 143 cm³/mol. The van der Waals surface area contributed by atoms with E-state index in [4.69, 9.17) is 16.3 Å². The van der Waals surface area contributed by atoms with Crippen molar-refractivity contribution < 1.29 is 23.4 Å². The largest absolute Gasteiger partial charge is 0.491 e. The third-order valence-electron chi connectivity index (χ3n) is 8.41. The average Bonchev–Trinajstić information content (AvgIpc) is 3.13. The van der Waals surface area contributed by atoms with Crippen LogP contribution in [0.2, 0.25) is 5.02 Å². The second kappa shape index (κ2) is 9.53. The highest BCUT2D eigenvalue weighted by atomic mass is 35.5. The second-order valence-electron chi connectivity index (χ2n) is 11.1. The molecule has 1 saturated heterocycles. The summed E-state index contributed by atoms with van der Waals surface area (Å²) in [6.07, 6.45) is 0.629. The standard InChI is InChI=1S/C28H29ClF2N4O4/c1-27(38)13-17(14-27)35-23(36)12-19(24(30)31)20-11-18(15-32-25(20)35)39-9-8-34-6-4-28(5-7-34)21-10-16(29)2-3-22(21)33-26(28)37/h2-3,10-12,15,17,24,38H,4-9,13-14H2,1H3,(H,33,37). The summed E-state index contributed by atoms with van der Waals surface area (Å²) in [6.45, 7) is 3.99. The highest BCUT2D eigenvalue weighted by Gasteiger charge is 2.48. The molecule has 3 aromatic rings. The van der Waals surface area contributed by atoms with Crippen molar-refractivity contribution in [2.24, 2.45) is 0 Å². The average molecular weight is 559 g/mol. The highest BCUT2D eigenvalue weighted by molar-refractivity contribution is 6.31. The number of aliphatic hydroxyl groups is 1. The summed E-state index contributed by atoms with van der Waals surface area (Å²) in [5.41, 5.74) is -0.446. The van der Waals surface area contributed by atoms with Gasteiger partial charge in [-0.05, 0) is 75.5 Å². The third-order valence-corrected chi connectivity index (χ3v) is 8.65. The van der Waals surface area contributed by atoms with Crippen LogP contribution in [0.25, 0.3) is 11.0 Å². The summed E-state index contributed by atoms with van der Waals surface area (Å²) in [4.78, 5) is 32.1. The topological polar surface area (TPSA) is 96.7 Å². The number of hydrogen-bond acceptors (Lipinski definition) is 6. The fraction of sp³-hybridized carbons (Fsp3) is 0.464. The lowest BCUT2D eigenvalue weighted by Gasteiger charge is -2.42. The Morgan fingerprint density at radius 1 is 1.21 bits per heavy atom. The van der Waals surface area contributed by atoms with Crippen LogP contribution < -0.4 is 15.6 Å². The minimum Gasteiger partial charge on any atom is -0.491 e. The number of amides is 1. The van der Waals surface area contributed by atoms with E-state index >= 15 is 0 Å². The zero-order valence-electron chi connectivity index (χ0n) is 21.4. The molecule has 206 valence electrons. The van der Waals surface area contributed by atoms with E-state index in [0.29, 0.717) is 62.7 Å². The number of carbonyl (C=O) groups excluding carboxylic acids is 1. The van der Waals surface area contributed by atoms with Crippen molar-refractivity contribution in [2.75, 3.05) is 31.6 Å². The van der Waals surface area contributed by atoms with E-state index < -0.39 is 23.0 Å². The van der Waals surface area contributed by atoms with Crippen molar-refractivity contribution in [1.29, 1.82) is 0 Å².